The van der Waals surface area contributed by atoms with Gasteiger partial charge in [-0.25, -0.2) is 9.36 Å². The average molecular weight is 433 g/mol. The third-order valence-electron chi connectivity index (χ3n) is 5.18. The lowest BCUT2D eigenvalue weighted by atomic mass is 9.92. The van der Waals surface area contributed by atoms with Gasteiger partial charge in [-0.3, -0.25) is 9.59 Å². The number of hydrogen-bond acceptors (Lipinski definition) is 5. The second kappa shape index (κ2) is 9.18. The molecule has 0 saturated heterocycles. The molecule has 2 aromatic heterocycles. The number of carbonyl (C=O) groups is 1. The Morgan fingerprint density at radius 3 is 2.38 bits per heavy atom. The number of aromatic nitrogens is 4. The van der Waals surface area contributed by atoms with E-state index < -0.39 is 11.5 Å². The quantitative estimate of drug-likeness (QED) is 0.643. The molecule has 0 aliphatic rings. The molecule has 1 N–H and O–H groups in total. The first-order chi connectivity index (χ1) is 15.2. The van der Waals surface area contributed by atoms with E-state index in [0.717, 1.165) is 16.1 Å². The molecule has 0 bridgehead atoms. The van der Waals surface area contributed by atoms with Gasteiger partial charge in [0.25, 0.3) is 5.56 Å². The van der Waals surface area contributed by atoms with Crippen molar-refractivity contribution < 1.29 is 4.79 Å². The summed E-state index contributed by atoms with van der Waals surface area (Å²) in [6, 6.07) is 13.3. The maximum absolute atomic E-state index is 12.9. The van der Waals surface area contributed by atoms with Crippen LogP contribution in [0.3, 0.4) is 0 Å². The van der Waals surface area contributed by atoms with Crippen LogP contribution >= 0.6 is 0 Å². The second-order valence-corrected chi connectivity index (χ2v) is 8.54. The Kier molecular flexibility index (Phi) is 6.58. The number of amides is 1. The third kappa shape index (κ3) is 4.62. The highest BCUT2D eigenvalue weighted by Gasteiger charge is 2.22. The second-order valence-electron chi connectivity index (χ2n) is 8.54. The van der Waals surface area contributed by atoms with Gasteiger partial charge in [-0.05, 0) is 30.5 Å². The molecule has 3 aromatic rings. The van der Waals surface area contributed by atoms with Gasteiger partial charge in [0.2, 0.25) is 5.91 Å². The van der Waals surface area contributed by atoms with Crippen LogP contribution in [0.2, 0.25) is 0 Å². The fourth-order valence-electron chi connectivity index (χ4n) is 3.46. The molecule has 0 aliphatic heterocycles. The summed E-state index contributed by atoms with van der Waals surface area (Å²) in [5, 5.41) is 21.4. The van der Waals surface area contributed by atoms with E-state index in [4.69, 9.17) is 0 Å². The van der Waals surface area contributed by atoms with Crippen molar-refractivity contribution in [2.24, 2.45) is 0 Å². The number of hydrogen-bond donors (Lipinski definition) is 1. The highest BCUT2D eigenvalue weighted by Crippen LogP contribution is 2.26. The van der Waals surface area contributed by atoms with E-state index >= 15 is 0 Å². The number of aryl methyl sites for hydroxylation is 1. The van der Waals surface area contributed by atoms with E-state index in [1.807, 2.05) is 77.1 Å². The molecule has 0 atom stereocenters. The van der Waals surface area contributed by atoms with Crippen LogP contribution in [0.4, 0.5) is 5.82 Å². The van der Waals surface area contributed by atoms with Gasteiger partial charge in [0.15, 0.2) is 0 Å². The van der Waals surface area contributed by atoms with Gasteiger partial charge < -0.3 is 5.32 Å². The van der Waals surface area contributed by atoms with Crippen molar-refractivity contribution in [3.8, 4) is 11.8 Å². The van der Waals surface area contributed by atoms with Crippen LogP contribution in [-0.2, 0) is 29.6 Å². The lowest BCUT2D eigenvalue weighted by Gasteiger charge is -2.14. The summed E-state index contributed by atoms with van der Waals surface area (Å²) in [6.07, 6.45) is 1.10. The zero-order chi connectivity index (χ0) is 23.5. The molecule has 0 aliphatic carbocycles. The van der Waals surface area contributed by atoms with Crippen molar-refractivity contribution in [3.63, 3.8) is 0 Å². The topological polar surface area (TPSA) is 106 Å². The summed E-state index contributed by atoms with van der Waals surface area (Å²) >= 11 is 0. The fraction of sp³-hybridized carbons (Fsp3) is 0.375. The largest absolute Gasteiger partial charge is 0.309 e. The summed E-state index contributed by atoms with van der Waals surface area (Å²) in [6.45, 7) is 9.63. The van der Waals surface area contributed by atoms with Gasteiger partial charge in [-0.15, -0.1) is 0 Å². The molecule has 0 spiro atoms. The molecule has 8 heteroatoms. The molecule has 2 heterocycles. The molecule has 1 aromatic carbocycles. The Labute approximate surface area is 187 Å². The maximum Gasteiger partial charge on any atom is 0.285 e. The van der Waals surface area contributed by atoms with Gasteiger partial charge >= 0.3 is 0 Å². The smallest absolute Gasteiger partial charge is 0.285 e. The van der Waals surface area contributed by atoms with Gasteiger partial charge in [0.1, 0.15) is 24.0 Å². The molecular formula is C24H28N6O2. The van der Waals surface area contributed by atoms with Crippen molar-refractivity contribution in [2.45, 2.75) is 59.4 Å². The Balaban J connectivity index is 1.96. The first-order valence-corrected chi connectivity index (χ1v) is 10.7. The molecule has 1 amide bonds. The molecular weight excluding hydrogens is 404 g/mol. The Bertz CT molecular complexity index is 1230. The molecule has 3 rings (SSSR count). The minimum Gasteiger partial charge on any atom is -0.309 e. The summed E-state index contributed by atoms with van der Waals surface area (Å²) in [7, 11) is 0. The fourth-order valence-corrected chi connectivity index (χ4v) is 3.46. The highest BCUT2D eigenvalue weighted by atomic mass is 16.2. The first-order valence-electron chi connectivity index (χ1n) is 10.7. The molecule has 0 fully saturated rings. The molecule has 8 nitrogen and oxygen atoms in total. The maximum atomic E-state index is 12.9. The summed E-state index contributed by atoms with van der Waals surface area (Å²) in [5.74, 6) is 0.0768. The lowest BCUT2D eigenvalue weighted by molar-refractivity contribution is -0.117. The van der Waals surface area contributed by atoms with Crippen molar-refractivity contribution in [2.75, 3.05) is 5.32 Å². The van der Waals surface area contributed by atoms with E-state index in [1.54, 1.807) is 4.68 Å². The number of nitriles is 1. The van der Waals surface area contributed by atoms with E-state index in [0.29, 0.717) is 29.9 Å². The van der Waals surface area contributed by atoms with Crippen LogP contribution in [-0.4, -0.2) is 25.5 Å². The summed E-state index contributed by atoms with van der Waals surface area (Å²) in [4.78, 5) is 25.6. The molecule has 0 radical (unpaired) electrons. The van der Waals surface area contributed by atoms with Crippen LogP contribution in [0.25, 0.3) is 5.69 Å². The van der Waals surface area contributed by atoms with Crippen LogP contribution in [0.15, 0.2) is 41.2 Å². The zero-order valence-electron chi connectivity index (χ0n) is 19.1. The van der Waals surface area contributed by atoms with Gasteiger partial charge in [-0.2, -0.15) is 15.5 Å². The first kappa shape index (κ1) is 22.9. The summed E-state index contributed by atoms with van der Waals surface area (Å²) < 4.78 is 2.74. The standard InChI is InChI=1S/C24H28N6O2/c1-6-17-18(14-25)23(32)29(27-19(17)7-2)15-22(31)26-21-13-20(24(3,4)5)28-30(21)16-11-9-8-10-12-16/h8-13H,6-7,15H2,1-5H3,(H,26,31). The van der Waals surface area contributed by atoms with Crippen molar-refractivity contribution in [1.29, 1.82) is 5.26 Å². The molecule has 0 saturated carbocycles. The summed E-state index contributed by atoms with van der Waals surface area (Å²) in [5.41, 5.74) is 2.21. The van der Waals surface area contributed by atoms with Gasteiger partial charge in [0, 0.05) is 11.5 Å². The van der Waals surface area contributed by atoms with Crippen LogP contribution in [0.1, 0.15) is 57.1 Å². The SMILES string of the molecule is CCc1nn(CC(=O)Nc2cc(C(C)(C)C)nn2-c2ccccc2)c(=O)c(C#N)c1CC. The number of anilines is 1. The Hall–Kier alpha value is -3.73. The van der Waals surface area contributed by atoms with E-state index in [1.165, 1.54) is 0 Å². The number of rotatable bonds is 6. The monoisotopic (exact) mass is 432 g/mol. The van der Waals surface area contributed by atoms with E-state index in [-0.39, 0.29) is 17.5 Å². The van der Waals surface area contributed by atoms with Crippen molar-refractivity contribution in [1.82, 2.24) is 19.6 Å². The number of para-hydroxylation sites is 1. The predicted octanol–water partition coefficient (Wildman–Crippen LogP) is 3.36. The van der Waals surface area contributed by atoms with Crippen molar-refractivity contribution >= 4 is 11.7 Å². The number of nitrogens with one attached hydrogen (secondary N) is 1. The number of nitrogens with zero attached hydrogens (tertiary/aromatic N) is 5. The molecule has 32 heavy (non-hydrogen) atoms. The van der Waals surface area contributed by atoms with Crippen LogP contribution in [0, 0.1) is 11.3 Å². The lowest BCUT2D eigenvalue weighted by Crippen LogP contribution is -2.33. The van der Waals surface area contributed by atoms with Gasteiger partial charge in [0.05, 0.1) is 17.1 Å². The minimum absolute atomic E-state index is 0.0523. The zero-order valence-corrected chi connectivity index (χ0v) is 19.1. The minimum atomic E-state index is -0.552. The van der Waals surface area contributed by atoms with Gasteiger partial charge in [-0.1, -0.05) is 52.8 Å². The molecule has 0 unspecified atom stereocenters. The third-order valence-corrected chi connectivity index (χ3v) is 5.18. The molecule has 166 valence electrons. The van der Waals surface area contributed by atoms with Crippen LogP contribution in [0.5, 0.6) is 0 Å². The number of benzene rings is 1. The predicted molar refractivity (Wildman–Crippen MR) is 123 cm³/mol. The van der Waals surface area contributed by atoms with E-state index in [2.05, 4.69) is 15.5 Å². The Morgan fingerprint density at radius 2 is 1.81 bits per heavy atom. The van der Waals surface area contributed by atoms with E-state index in [9.17, 15) is 14.9 Å². The van der Waals surface area contributed by atoms with Crippen molar-refractivity contribution in [3.05, 3.63) is 69.3 Å². The van der Waals surface area contributed by atoms with Crippen LogP contribution < -0.4 is 10.9 Å². The normalized spacial score (nSPS) is 11.2. The highest BCUT2D eigenvalue weighted by molar-refractivity contribution is 5.90. The average Bonchev–Trinajstić information content (AvgIpc) is 3.19. The number of carbonyl (C=O) groups excluding carboxylic acids is 1. The Morgan fingerprint density at radius 1 is 1.12 bits per heavy atom.